The summed E-state index contributed by atoms with van der Waals surface area (Å²) in [5, 5.41) is 9.17. The van der Waals surface area contributed by atoms with Crippen LogP contribution >= 0.6 is 0 Å². The molecule has 108 valence electrons. The maximum Gasteiger partial charge on any atom is 0.326 e. The van der Waals surface area contributed by atoms with Crippen molar-refractivity contribution in [3.05, 3.63) is 36.2 Å². The van der Waals surface area contributed by atoms with E-state index in [-0.39, 0.29) is 17.6 Å². The van der Waals surface area contributed by atoms with Gasteiger partial charge in [-0.05, 0) is 31.9 Å². The van der Waals surface area contributed by atoms with Gasteiger partial charge in [0, 0.05) is 6.04 Å². The molecular weight excluding hydrogens is 270 g/mol. The smallest absolute Gasteiger partial charge is 0.326 e. The SMILES string of the molecule is CC(C(=O)O)N(C(=O)c1cnc2ccccc2n1)C1CC1. The Morgan fingerprint density at radius 3 is 2.57 bits per heavy atom. The maximum absolute atomic E-state index is 12.6. The lowest BCUT2D eigenvalue weighted by Gasteiger charge is -2.25. The van der Waals surface area contributed by atoms with Crippen LogP contribution in [-0.2, 0) is 4.79 Å². The number of aromatic nitrogens is 2. The molecule has 1 heterocycles. The van der Waals surface area contributed by atoms with Crippen molar-refractivity contribution in [1.82, 2.24) is 14.9 Å². The molecule has 1 fully saturated rings. The average Bonchev–Trinajstić information content (AvgIpc) is 3.31. The molecule has 2 aromatic rings. The minimum atomic E-state index is -1.01. The summed E-state index contributed by atoms with van der Waals surface area (Å²) in [5.74, 6) is -1.38. The lowest BCUT2D eigenvalue weighted by molar-refractivity contribution is -0.141. The van der Waals surface area contributed by atoms with E-state index in [4.69, 9.17) is 5.11 Å². The highest BCUT2D eigenvalue weighted by Crippen LogP contribution is 2.30. The van der Waals surface area contributed by atoms with Crippen LogP contribution in [0.3, 0.4) is 0 Å². The summed E-state index contributed by atoms with van der Waals surface area (Å²) in [6.45, 7) is 1.52. The summed E-state index contributed by atoms with van der Waals surface area (Å²) < 4.78 is 0. The molecule has 1 aliphatic carbocycles. The van der Waals surface area contributed by atoms with Crippen molar-refractivity contribution >= 4 is 22.9 Å². The Hall–Kier alpha value is -2.50. The summed E-state index contributed by atoms with van der Waals surface area (Å²) in [6, 6.07) is 6.40. The largest absolute Gasteiger partial charge is 0.480 e. The van der Waals surface area contributed by atoms with Crippen LogP contribution in [0.1, 0.15) is 30.3 Å². The summed E-state index contributed by atoms with van der Waals surface area (Å²) in [5.41, 5.74) is 1.52. The molecule has 1 unspecified atom stereocenters. The van der Waals surface area contributed by atoms with Crippen molar-refractivity contribution in [2.24, 2.45) is 0 Å². The van der Waals surface area contributed by atoms with Gasteiger partial charge in [0.2, 0.25) is 0 Å². The number of carboxylic acids is 1. The second-order valence-electron chi connectivity index (χ2n) is 5.20. The van der Waals surface area contributed by atoms with E-state index in [1.54, 1.807) is 6.07 Å². The normalized spacial score (nSPS) is 15.7. The molecule has 1 atom stereocenters. The zero-order valence-corrected chi connectivity index (χ0v) is 11.6. The number of nitrogens with zero attached hydrogens (tertiary/aromatic N) is 3. The van der Waals surface area contributed by atoms with E-state index in [0.717, 1.165) is 12.8 Å². The Bertz CT molecular complexity index is 712. The number of carbonyl (C=O) groups excluding carboxylic acids is 1. The molecule has 21 heavy (non-hydrogen) atoms. The van der Waals surface area contributed by atoms with Crippen LogP contribution in [0, 0.1) is 0 Å². The van der Waals surface area contributed by atoms with Crippen molar-refractivity contribution in [3.63, 3.8) is 0 Å². The minimum Gasteiger partial charge on any atom is -0.480 e. The van der Waals surface area contributed by atoms with Crippen LogP contribution in [0.5, 0.6) is 0 Å². The molecule has 1 saturated carbocycles. The fourth-order valence-electron chi connectivity index (χ4n) is 2.32. The predicted molar refractivity (Wildman–Crippen MR) is 75.8 cm³/mol. The van der Waals surface area contributed by atoms with Crippen molar-refractivity contribution < 1.29 is 14.7 Å². The quantitative estimate of drug-likeness (QED) is 0.924. The fraction of sp³-hybridized carbons (Fsp3) is 0.333. The Labute approximate surface area is 121 Å². The van der Waals surface area contributed by atoms with Gasteiger partial charge in [-0.25, -0.2) is 9.78 Å². The monoisotopic (exact) mass is 285 g/mol. The number of fused-ring (bicyclic) bond motifs is 1. The van der Waals surface area contributed by atoms with Gasteiger partial charge < -0.3 is 10.0 Å². The second-order valence-corrected chi connectivity index (χ2v) is 5.20. The summed E-state index contributed by atoms with van der Waals surface area (Å²) >= 11 is 0. The van der Waals surface area contributed by atoms with Gasteiger partial charge >= 0.3 is 5.97 Å². The van der Waals surface area contributed by atoms with Crippen LogP contribution in [0.25, 0.3) is 11.0 Å². The zero-order chi connectivity index (χ0) is 15.0. The minimum absolute atomic E-state index is 0.00290. The van der Waals surface area contributed by atoms with Crippen LogP contribution in [0.4, 0.5) is 0 Å². The van der Waals surface area contributed by atoms with Crippen molar-refractivity contribution in [2.75, 3.05) is 0 Å². The summed E-state index contributed by atoms with van der Waals surface area (Å²) in [7, 11) is 0. The third-order valence-electron chi connectivity index (χ3n) is 3.62. The number of hydrogen-bond acceptors (Lipinski definition) is 4. The van der Waals surface area contributed by atoms with Gasteiger partial charge in [-0.3, -0.25) is 9.78 Å². The van der Waals surface area contributed by atoms with Crippen LogP contribution in [-0.4, -0.2) is 43.9 Å². The third-order valence-corrected chi connectivity index (χ3v) is 3.62. The first-order valence-electron chi connectivity index (χ1n) is 6.85. The van der Waals surface area contributed by atoms with Crippen molar-refractivity contribution in [2.45, 2.75) is 31.8 Å². The molecule has 1 N–H and O–H groups in total. The standard InChI is InChI=1S/C15H15N3O3/c1-9(15(20)21)18(10-6-7-10)14(19)13-8-16-11-4-2-3-5-12(11)17-13/h2-5,8-10H,6-7H2,1H3,(H,20,21). The summed E-state index contributed by atoms with van der Waals surface area (Å²) in [6.07, 6.45) is 3.09. The third kappa shape index (κ3) is 2.56. The molecule has 1 aromatic carbocycles. The molecule has 0 aliphatic heterocycles. The van der Waals surface area contributed by atoms with Gasteiger partial charge in [0.05, 0.1) is 17.2 Å². The molecule has 1 amide bonds. The molecular formula is C15H15N3O3. The summed E-state index contributed by atoms with van der Waals surface area (Å²) in [4.78, 5) is 33.7. The molecule has 0 radical (unpaired) electrons. The Kier molecular flexibility index (Phi) is 3.29. The van der Waals surface area contributed by atoms with E-state index in [0.29, 0.717) is 11.0 Å². The lowest BCUT2D eigenvalue weighted by atomic mass is 10.2. The van der Waals surface area contributed by atoms with Crippen LogP contribution in [0.15, 0.2) is 30.5 Å². The first-order chi connectivity index (χ1) is 10.1. The number of rotatable bonds is 4. The Morgan fingerprint density at radius 1 is 1.29 bits per heavy atom. The fourth-order valence-corrected chi connectivity index (χ4v) is 2.32. The van der Waals surface area contributed by atoms with E-state index in [1.165, 1.54) is 18.0 Å². The lowest BCUT2D eigenvalue weighted by Crippen LogP contribution is -2.45. The van der Waals surface area contributed by atoms with Gasteiger partial charge in [0.25, 0.3) is 5.91 Å². The van der Waals surface area contributed by atoms with Gasteiger partial charge in [0.1, 0.15) is 11.7 Å². The van der Waals surface area contributed by atoms with E-state index in [2.05, 4.69) is 9.97 Å². The van der Waals surface area contributed by atoms with E-state index in [9.17, 15) is 9.59 Å². The topological polar surface area (TPSA) is 83.4 Å². The maximum atomic E-state index is 12.6. The molecule has 6 heteroatoms. The van der Waals surface area contributed by atoms with Crippen LogP contribution < -0.4 is 0 Å². The highest BCUT2D eigenvalue weighted by molar-refractivity contribution is 5.96. The molecule has 6 nitrogen and oxygen atoms in total. The number of carbonyl (C=O) groups is 2. The average molecular weight is 285 g/mol. The van der Waals surface area contributed by atoms with Crippen molar-refractivity contribution in [3.8, 4) is 0 Å². The number of hydrogen-bond donors (Lipinski definition) is 1. The second kappa shape index (κ2) is 5.12. The molecule has 3 rings (SSSR count). The highest BCUT2D eigenvalue weighted by Gasteiger charge is 2.39. The number of carboxylic acid groups (broad SMARTS) is 1. The number of benzene rings is 1. The zero-order valence-electron chi connectivity index (χ0n) is 11.6. The van der Waals surface area contributed by atoms with E-state index < -0.39 is 12.0 Å². The van der Waals surface area contributed by atoms with Crippen molar-refractivity contribution in [1.29, 1.82) is 0 Å². The van der Waals surface area contributed by atoms with E-state index >= 15 is 0 Å². The van der Waals surface area contributed by atoms with Gasteiger partial charge in [-0.1, -0.05) is 12.1 Å². The Balaban J connectivity index is 1.95. The molecule has 0 bridgehead atoms. The first-order valence-corrected chi connectivity index (χ1v) is 6.85. The molecule has 0 spiro atoms. The van der Waals surface area contributed by atoms with Gasteiger partial charge in [-0.15, -0.1) is 0 Å². The number of para-hydroxylation sites is 2. The predicted octanol–water partition coefficient (Wildman–Crippen LogP) is 1.71. The molecule has 1 aliphatic rings. The number of aliphatic carboxylic acids is 1. The highest BCUT2D eigenvalue weighted by atomic mass is 16.4. The van der Waals surface area contributed by atoms with Gasteiger partial charge in [-0.2, -0.15) is 0 Å². The first kappa shape index (κ1) is 13.5. The molecule has 1 aromatic heterocycles. The van der Waals surface area contributed by atoms with Gasteiger partial charge in [0.15, 0.2) is 0 Å². The Morgan fingerprint density at radius 2 is 1.95 bits per heavy atom. The van der Waals surface area contributed by atoms with E-state index in [1.807, 2.05) is 18.2 Å². The molecule has 0 saturated heterocycles. The van der Waals surface area contributed by atoms with Crippen LogP contribution in [0.2, 0.25) is 0 Å². The number of amides is 1.